The maximum Gasteiger partial charge on any atom is 0.166 e. The molecule has 0 fully saturated rings. The van der Waals surface area contributed by atoms with Gasteiger partial charge in [0.1, 0.15) is 6.33 Å². The summed E-state index contributed by atoms with van der Waals surface area (Å²) in [5.74, 6) is 0.176. The van der Waals surface area contributed by atoms with Gasteiger partial charge in [0.2, 0.25) is 0 Å². The van der Waals surface area contributed by atoms with E-state index in [0.717, 1.165) is 12.1 Å². The Morgan fingerprint density at radius 2 is 2.08 bits per heavy atom. The number of ketones is 1. The lowest BCUT2D eigenvalue weighted by Gasteiger charge is -1.90. The molecule has 0 aliphatic heterocycles. The van der Waals surface area contributed by atoms with E-state index in [1.807, 2.05) is 13.8 Å². The summed E-state index contributed by atoms with van der Waals surface area (Å²) in [4.78, 5) is 18.7. The lowest BCUT2D eigenvalue weighted by Crippen LogP contribution is -1.93. The Labute approximate surface area is 71.9 Å². The first-order valence-corrected chi connectivity index (χ1v) is 4.20. The van der Waals surface area contributed by atoms with Gasteiger partial charge in [-0.3, -0.25) is 4.79 Å². The van der Waals surface area contributed by atoms with Gasteiger partial charge >= 0.3 is 0 Å². The summed E-state index contributed by atoms with van der Waals surface area (Å²) in [6.45, 7) is 4.00. The standard InChI is InChI=1S/C7H6N2O.C2H6/c10-7-2-1-6-5(7)3-8-4-9-6;1-2/h3-4H,1-2H2;1-2H3. The zero-order valence-electron chi connectivity index (χ0n) is 7.37. The van der Waals surface area contributed by atoms with E-state index in [4.69, 9.17) is 0 Å². The SMILES string of the molecule is CC.O=C1CCc2ncncc21. The van der Waals surface area contributed by atoms with Gasteiger partial charge in [0.05, 0.1) is 11.3 Å². The molecule has 0 amide bonds. The predicted molar refractivity (Wildman–Crippen MR) is 46.0 cm³/mol. The van der Waals surface area contributed by atoms with Crippen LogP contribution < -0.4 is 0 Å². The summed E-state index contributed by atoms with van der Waals surface area (Å²) in [6.07, 6.45) is 4.47. The van der Waals surface area contributed by atoms with E-state index < -0.39 is 0 Å². The van der Waals surface area contributed by atoms with E-state index in [2.05, 4.69) is 9.97 Å². The first-order valence-electron chi connectivity index (χ1n) is 4.20. The summed E-state index contributed by atoms with van der Waals surface area (Å²) < 4.78 is 0. The number of nitrogens with zero attached hydrogens (tertiary/aromatic N) is 2. The average molecular weight is 164 g/mol. The molecular formula is C9H12N2O. The molecule has 0 saturated heterocycles. The first kappa shape index (κ1) is 8.84. The second kappa shape index (κ2) is 3.95. The van der Waals surface area contributed by atoms with Gasteiger partial charge in [-0.25, -0.2) is 9.97 Å². The van der Waals surface area contributed by atoms with Gasteiger partial charge in [0, 0.05) is 12.6 Å². The Kier molecular flexibility index (Phi) is 2.91. The molecule has 0 bridgehead atoms. The van der Waals surface area contributed by atoms with E-state index in [0.29, 0.717) is 12.0 Å². The van der Waals surface area contributed by atoms with Crippen LogP contribution in [0, 0.1) is 0 Å². The van der Waals surface area contributed by atoms with Crippen molar-refractivity contribution in [3.8, 4) is 0 Å². The summed E-state index contributed by atoms with van der Waals surface area (Å²) in [6, 6.07) is 0. The van der Waals surface area contributed by atoms with Gasteiger partial charge in [-0.1, -0.05) is 13.8 Å². The van der Waals surface area contributed by atoms with Crippen molar-refractivity contribution in [1.29, 1.82) is 0 Å². The van der Waals surface area contributed by atoms with Gasteiger partial charge in [-0.15, -0.1) is 0 Å². The lowest BCUT2D eigenvalue weighted by molar-refractivity contribution is 0.0994. The molecule has 0 atom stereocenters. The number of aromatic nitrogens is 2. The molecule has 1 aliphatic carbocycles. The highest BCUT2D eigenvalue weighted by Crippen LogP contribution is 2.17. The normalized spacial score (nSPS) is 13.3. The van der Waals surface area contributed by atoms with Crippen LogP contribution in [-0.4, -0.2) is 15.8 Å². The Hall–Kier alpha value is -1.25. The molecule has 12 heavy (non-hydrogen) atoms. The minimum absolute atomic E-state index is 0.176. The molecule has 0 spiro atoms. The highest BCUT2D eigenvalue weighted by molar-refractivity contribution is 5.99. The zero-order valence-corrected chi connectivity index (χ0v) is 7.37. The van der Waals surface area contributed by atoms with Gasteiger partial charge < -0.3 is 0 Å². The van der Waals surface area contributed by atoms with Gasteiger partial charge in [-0.2, -0.15) is 0 Å². The Balaban J connectivity index is 0.000000336. The minimum atomic E-state index is 0.176. The molecular weight excluding hydrogens is 152 g/mol. The molecule has 1 heterocycles. The molecule has 0 radical (unpaired) electrons. The minimum Gasteiger partial charge on any atom is -0.294 e. The van der Waals surface area contributed by atoms with E-state index in [9.17, 15) is 4.79 Å². The third-order valence-electron chi connectivity index (χ3n) is 1.68. The highest BCUT2D eigenvalue weighted by Gasteiger charge is 2.19. The quantitative estimate of drug-likeness (QED) is 0.585. The number of hydrogen-bond acceptors (Lipinski definition) is 3. The molecule has 1 aromatic heterocycles. The van der Waals surface area contributed by atoms with Crippen LogP contribution in [0.2, 0.25) is 0 Å². The molecule has 2 rings (SSSR count). The largest absolute Gasteiger partial charge is 0.294 e. The van der Waals surface area contributed by atoms with Crippen LogP contribution in [0.25, 0.3) is 0 Å². The predicted octanol–water partition coefficient (Wildman–Crippen LogP) is 1.63. The second-order valence-electron chi connectivity index (χ2n) is 2.31. The first-order chi connectivity index (χ1) is 5.88. The Bertz CT molecular complexity index is 284. The molecule has 1 aromatic rings. The fourth-order valence-corrected chi connectivity index (χ4v) is 1.15. The fourth-order valence-electron chi connectivity index (χ4n) is 1.15. The van der Waals surface area contributed by atoms with Crippen molar-refractivity contribution in [2.24, 2.45) is 0 Å². The number of carbonyl (C=O) groups is 1. The van der Waals surface area contributed by atoms with E-state index in [1.165, 1.54) is 6.33 Å². The van der Waals surface area contributed by atoms with Crippen LogP contribution in [-0.2, 0) is 6.42 Å². The Morgan fingerprint density at radius 1 is 1.33 bits per heavy atom. The molecule has 0 saturated carbocycles. The topological polar surface area (TPSA) is 42.9 Å². The van der Waals surface area contributed by atoms with Crippen LogP contribution in [0.5, 0.6) is 0 Å². The van der Waals surface area contributed by atoms with Crippen LogP contribution in [0.1, 0.15) is 36.3 Å². The molecule has 64 valence electrons. The smallest absolute Gasteiger partial charge is 0.166 e. The van der Waals surface area contributed by atoms with Crippen molar-refractivity contribution < 1.29 is 4.79 Å². The summed E-state index contributed by atoms with van der Waals surface area (Å²) in [7, 11) is 0. The molecule has 1 aliphatic rings. The van der Waals surface area contributed by atoms with Crippen molar-refractivity contribution >= 4 is 5.78 Å². The maximum atomic E-state index is 11.0. The molecule has 3 nitrogen and oxygen atoms in total. The van der Waals surface area contributed by atoms with Crippen LogP contribution in [0.15, 0.2) is 12.5 Å². The van der Waals surface area contributed by atoms with Crippen molar-refractivity contribution in [2.75, 3.05) is 0 Å². The number of fused-ring (bicyclic) bond motifs is 1. The van der Waals surface area contributed by atoms with Crippen molar-refractivity contribution in [1.82, 2.24) is 9.97 Å². The molecule has 0 unspecified atom stereocenters. The Morgan fingerprint density at radius 3 is 2.75 bits per heavy atom. The van der Waals surface area contributed by atoms with E-state index in [1.54, 1.807) is 6.20 Å². The van der Waals surface area contributed by atoms with Crippen molar-refractivity contribution in [2.45, 2.75) is 26.7 Å². The fraction of sp³-hybridized carbons (Fsp3) is 0.444. The van der Waals surface area contributed by atoms with E-state index >= 15 is 0 Å². The highest BCUT2D eigenvalue weighted by atomic mass is 16.1. The van der Waals surface area contributed by atoms with Crippen LogP contribution in [0.3, 0.4) is 0 Å². The average Bonchev–Trinajstić information content (AvgIpc) is 2.53. The summed E-state index contributed by atoms with van der Waals surface area (Å²) >= 11 is 0. The molecule has 0 N–H and O–H groups in total. The number of aryl methyl sites for hydroxylation is 1. The number of carbonyl (C=O) groups excluding carboxylic acids is 1. The zero-order chi connectivity index (χ0) is 8.97. The molecule has 3 heteroatoms. The van der Waals surface area contributed by atoms with Crippen molar-refractivity contribution in [3.05, 3.63) is 23.8 Å². The number of hydrogen-bond donors (Lipinski definition) is 0. The third-order valence-corrected chi connectivity index (χ3v) is 1.68. The van der Waals surface area contributed by atoms with Crippen molar-refractivity contribution in [3.63, 3.8) is 0 Å². The maximum absolute atomic E-state index is 11.0. The van der Waals surface area contributed by atoms with E-state index in [-0.39, 0.29) is 5.78 Å². The summed E-state index contributed by atoms with van der Waals surface area (Å²) in [5, 5.41) is 0. The monoisotopic (exact) mass is 164 g/mol. The lowest BCUT2D eigenvalue weighted by atomic mass is 10.2. The molecule has 0 aromatic carbocycles. The summed E-state index contributed by atoms with van der Waals surface area (Å²) in [5.41, 5.74) is 1.61. The van der Waals surface area contributed by atoms with Crippen LogP contribution >= 0.6 is 0 Å². The number of rotatable bonds is 0. The second-order valence-corrected chi connectivity index (χ2v) is 2.31. The van der Waals surface area contributed by atoms with Crippen LogP contribution in [0.4, 0.5) is 0 Å². The number of Topliss-reactive ketones (excluding diaryl/α,β-unsaturated/α-hetero) is 1. The van der Waals surface area contributed by atoms with Gasteiger partial charge in [0.25, 0.3) is 0 Å². The van der Waals surface area contributed by atoms with Gasteiger partial charge in [-0.05, 0) is 6.42 Å². The van der Waals surface area contributed by atoms with Gasteiger partial charge in [0.15, 0.2) is 5.78 Å². The third kappa shape index (κ3) is 1.49.